The number of aliphatic hydroxyl groups excluding tert-OH is 1. The number of aromatic amines is 1. The Morgan fingerprint density at radius 3 is 1.31 bits per heavy atom. The molecule has 12 aromatic rings. The third kappa shape index (κ3) is 36.3. The van der Waals surface area contributed by atoms with E-state index in [1.54, 1.807) is 127 Å². The molecule has 16 rings (SSSR count). The third-order valence-electron chi connectivity index (χ3n) is 14.4. The van der Waals surface area contributed by atoms with Gasteiger partial charge in [0.2, 0.25) is 16.7 Å². The van der Waals surface area contributed by atoms with Gasteiger partial charge >= 0.3 is 24.1 Å². The van der Waals surface area contributed by atoms with Gasteiger partial charge in [-0.15, -0.1) is 0 Å². The molecule has 0 bridgehead atoms. The largest absolute Gasteiger partial charge is 1.00 e. The standard InChI is InChI=1S/C13H12N2O2.C13H14N2O.C9H6ClNO.C9H9N3O.C9H8N2O.C9H7NO2.C4H5ClO.C4H8O.CH3F.CH4O.Al.Cl3OP.Li.H4N2.H2O.H/c16-10-5-3-8-4-6-12(14-11(8)7-10)15-13(17)9-1-2-9;16-11-5-3-10-4-6-13(15-12(10)7-11)14-8-9-1-2-9;10-9-4-2-6-1-3-7(12)5-8(6)11-9;10-12-9-4-2-6-1-3-7(13)5-8(6)11-9;10-9-4-2-6-1-3-7(12)5-8(6)11-9;11-7-3-1-6-2-4-9(12)10-8(6)5-7;5-4(6)3-1-2-3;1-2-4-5-3-1;2*1-2;;1-5(2,3)4;;1-2;;/h3-7,9,16H,1-2H2,(H,14,15,17);3-7,9,16H,1-2,8H2,(H,14,15);1-5,12H;1-5,13H,10H2,(H,11,12);1-5,12H,(H2,10,11);1-5,11H,(H,10,12);3H,1-2H2;1-4H2;1H3;2H,1H3;;;;1-2H2;1H2;/q;;;;;;;;;;;;+1;;;-1/i;;;;;;;;1D;;;;;;;. The third-order valence-corrected chi connectivity index (χ3v) is 14.9. The summed E-state index contributed by atoms with van der Waals surface area (Å²) in [6.07, 6.45) is 9.20. The number of aliphatic hydroxyl groups is 1. The molecule has 1 saturated heterocycles. The molecule has 1 aliphatic heterocycles. The first-order valence-corrected chi connectivity index (χ1v) is 36.8. The molecule has 4 aliphatic rings. The van der Waals surface area contributed by atoms with E-state index in [1.165, 1.54) is 37.8 Å². The Morgan fingerprint density at radius 2 is 0.916 bits per heavy atom. The van der Waals surface area contributed by atoms with Crippen LogP contribution in [0.3, 0.4) is 0 Å². The van der Waals surface area contributed by atoms with Crippen LogP contribution >= 0.6 is 62.1 Å². The van der Waals surface area contributed by atoms with E-state index >= 15 is 0 Å². The predicted molar refractivity (Wildman–Crippen MR) is 426 cm³/mol. The molecule has 6 aromatic heterocycles. The molecule has 35 heteroatoms. The minimum atomic E-state index is -3.22. The van der Waals surface area contributed by atoms with Gasteiger partial charge < -0.3 is 74.2 Å². The van der Waals surface area contributed by atoms with Gasteiger partial charge in [0.25, 0.3) is 0 Å². The first-order valence-electron chi connectivity index (χ1n) is 32.3. The maximum absolute atomic E-state index is 11.6. The van der Waals surface area contributed by atoms with E-state index in [1.807, 2.05) is 42.5 Å². The molecule has 3 aliphatic carbocycles. The topological polar surface area (TPSA) is 471 Å². The second-order valence-corrected chi connectivity index (χ2v) is 29.9. The van der Waals surface area contributed by atoms with Crippen molar-refractivity contribution in [2.75, 3.05) is 55.8 Å². The zero-order chi connectivity index (χ0) is 77.0. The molecular formula is C72H83AlCl5FLiN13O13P. The van der Waals surface area contributed by atoms with Crippen LogP contribution in [0.15, 0.2) is 187 Å². The number of ether oxygens (including phenoxy) is 1. The van der Waals surface area contributed by atoms with Gasteiger partial charge in [-0.3, -0.25) is 35.0 Å². The van der Waals surface area contributed by atoms with E-state index in [0.717, 1.165) is 113 Å². The van der Waals surface area contributed by atoms with Crippen LogP contribution in [-0.4, -0.2) is 134 Å². The fourth-order valence-corrected chi connectivity index (χ4v) is 9.24. The number of phenols is 6. The Morgan fingerprint density at radius 1 is 0.570 bits per heavy atom. The number of aromatic hydroxyl groups is 6. The van der Waals surface area contributed by atoms with Crippen LogP contribution in [0.1, 0.15) is 54.2 Å². The molecule has 4 fully saturated rings. The van der Waals surface area contributed by atoms with Gasteiger partial charge in [-0.1, -0.05) is 11.6 Å². The summed E-state index contributed by atoms with van der Waals surface area (Å²) in [7, 11) is 0. The van der Waals surface area contributed by atoms with Crippen LogP contribution in [-0.2, 0) is 18.9 Å². The number of carbonyl (C=O) groups is 2. The van der Waals surface area contributed by atoms with Gasteiger partial charge in [-0.05, 0) is 248 Å². The molecule has 0 atom stereocenters. The molecular weight excluding hydrogens is 1520 g/mol. The van der Waals surface area contributed by atoms with Crippen molar-refractivity contribution in [3.8, 4) is 34.5 Å². The molecule has 0 spiro atoms. The number of phenolic OH excluding ortho intramolecular Hbond substituents is 6. The SMILES string of the molecule is C1CCOC1.CO.NN.NNc1ccc2ccc(O)cc2n1.Nc1ccc2ccc(O)cc2n1.O.O=C(Cl)C1CC1.O=C(Nc1ccc2ccc(O)cc2n1)C1CC1.O=P(Cl)(Cl)Cl.O=c1ccc2ccc(O)cc2[nH]1.Oc1ccc2ccc(Cl)nc2c1.Oc1ccc2ccc(NCC3CC3)nc2c1.[2H]CF.[Al].[H-].[Li+]. The summed E-state index contributed by atoms with van der Waals surface area (Å²) >= 11 is 24.6. The van der Waals surface area contributed by atoms with Crippen molar-refractivity contribution in [1.82, 2.24) is 29.9 Å². The number of benzene rings is 6. The van der Waals surface area contributed by atoms with E-state index in [2.05, 4.69) is 91.4 Å². The Hall–Kier alpha value is -8.58. The molecule has 1 amide bonds. The van der Waals surface area contributed by atoms with Crippen molar-refractivity contribution in [1.29, 1.82) is 0 Å². The zero-order valence-electron chi connectivity index (χ0n) is 60.0. The Kier molecular flexibility index (Phi) is 42.8. The molecule has 7 heterocycles. The molecule has 3 radical (unpaired) electrons. The number of nitrogens with two attached hydrogens (primary N) is 4. The molecule has 26 nitrogen and oxygen atoms in total. The molecule has 3 saturated carbocycles. The average molecular weight is 1600 g/mol. The number of hydrazine groups is 2. The average Bonchev–Trinajstić information content (AvgIpc) is 1.82. The van der Waals surface area contributed by atoms with Gasteiger partial charge in [-0.25, -0.2) is 30.8 Å². The number of aromatic nitrogens is 6. The maximum Gasteiger partial charge on any atom is 1.00 e. The first kappa shape index (κ1) is 92.6. The number of anilines is 4. The summed E-state index contributed by atoms with van der Waals surface area (Å²) in [5, 5.41) is 71.3. The molecule has 0 unspecified atom stereocenters. The van der Waals surface area contributed by atoms with Crippen molar-refractivity contribution in [2.24, 2.45) is 35.3 Å². The van der Waals surface area contributed by atoms with E-state index in [4.69, 9.17) is 61.3 Å². The van der Waals surface area contributed by atoms with Crippen LogP contribution in [0.25, 0.3) is 65.4 Å². The fourth-order valence-electron chi connectivity index (χ4n) is 8.87. The van der Waals surface area contributed by atoms with Crippen molar-refractivity contribution < 1.29 is 86.2 Å². The number of carbonyl (C=O) groups excluding carboxylic acids is 2. The van der Waals surface area contributed by atoms with Crippen molar-refractivity contribution in [3.05, 3.63) is 197 Å². The van der Waals surface area contributed by atoms with Gasteiger partial charge in [0, 0.05) is 125 Å². The second-order valence-electron chi connectivity index (χ2n) is 22.5. The number of hydrogen-bond acceptors (Lipinski definition) is 23. The molecule has 21 N–H and O–H groups in total. The van der Waals surface area contributed by atoms with Crippen LogP contribution in [0, 0.1) is 17.8 Å². The minimum absolute atomic E-state index is 0. The summed E-state index contributed by atoms with van der Waals surface area (Å²) in [4.78, 5) is 56.0. The number of H-pyrrole nitrogens is 1. The Labute approximate surface area is 665 Å². The second kappa shape index (κ2) is 49.4. The number of amides is 1. The Bertz CT molecular complexity index is 4710. The smallest absolute Gasteiger partial charge is 1.00 e. The summed E-state index contributed by atoms with van der Waals surface area (Å²) in [6, 6.07) is 51.9. The first-order chi connectivity index (χ1) is 50.3. The predicted octanol–water partition coefficient (Wildman–Crippen LogP) is 11.3. The van der Waals surface area contributed by atoms with Gasteiger partial charge in [0.1, 0.15) is 62.9 Å². The van der Waals surface area contributed by atoms with E-state index in [-0.39, 0.29) is 106 Å². The van der Waals surface area contributed by atoms with E-state index < -0.39 is 12.4 Å². The minimum Gasteiger partial charge on any atom is -1.00 e. The maximum atomic E-state index is 11.6. The van der Waals surface area contributed by atoms with Crippen molar-refractivity contribution in [2.45, 2.75) is 51.4 Å². The van der Waals surface area contributed by atoms with Crippen LogP contribution in [0.2, 0.25) is 5.15 Å². The summed E-state index contributed by atoms with van der Waals surface area (Å²) in [5.74, 6) is 18.2. The zero-order valence-corrected chi connectivity index (χ0v) is 63.9. The summed E-state index contributed by atoms with van der Waals surface area (Å²) in [5.41, 5.74) is 12.1. The van der Waals surface area contributed by atoms with Gasteiger partial charge in [-0.2, -0.15) is 0 Å². The molecule has 107 heavy (non-hydrogen) atoms. The summed E-state index contributed by atoms with van der Waals surface area (Å²) in [6.45, 7) is 3.01. The van der Waals surface area contributed by atoms with E-state index in [9.17, 15) is 38.7 Å². The van der Waals surface area contributed by atoms with Gasteiger partial charge in [0.05, 0.1) is 41.6 Å². The molecule has 565 valence electrons. The number of rotatable bonds is 7. The Balaban J connectivity index is 0.000000616. The normalized spacial score (nSPS) is 12.5. The van der Waals surface area contributed by atoms with Crippen LogP contribution < -0.4 is 63.7 Å². The number of hydrogen-bond donors (Lipinski definition) is 15. The fraction of sp³-hybridized carbons (Fsp3) is 0.222. The van der Waals surface area contributed by atoms with Crippen LogP contribution in [0.5, 0.6) is 34.5 Å². The number of alkyl halides is 1. The quantitative estimate of drug-likeness (QED) is 0.0176. The summed E-state index contributed by atoms with van der Waals surface area (Å²) < 4.78 is 30.0. The molecule has 6 aromatic carbocycles. The van der Waals surface area contributed by atoms with Crippen LogP contribution in [0.4, 0.5) is 27.7 Å². The van der Waals surface area contributed by atoms with Crippen molar-refractivity contribution >= 4 is 179 Å². The number of halogens is 6. The number of fused-ring (bicyclic) bond motifs is 6. The van der Waals surface area contributed by atoms with Gasteiger partial charge in [0.15, 0.2) is 0 Å². The van der Waals surface area contributed by atoms with E-state index in [0.29, 0.717) is 39.2 Å². The number of nitrogen functional groups attached to an aromatic ring is 2. The number of nitrogens with one attached hydrogen (secondary N) is 4. The number of nitrogens with zero attached hydrogens (tertiary/aromatic N) is 5. The number of pyridine rings is 6. The van der Waals surface area contributed by atoms with Crippen molar-refractivity contribution in [3.63, 3.8) is 0 Å². The monoisotopic (exact) mass is 1600 g/mol.